The average Bonchev–Trinajstić information content (AvgIpc) is 3.13. The number of halogens is 1. The second kappa shape index (κ2) is 10.2. The minimum absolute atomic E-state index is 0. The zero-order chi connectivity index (χ0) is 16.8. The van der Waals surface area contributed by atoms with Crippen LogP contribution in [0, 0.1) is 5.92 Å². The standard InChI is InChI=1S/C20H32N4.HI/c1-16-11-13-24(14-12-16)19-9-7-17(8-10-19)15-22-20(21-2)23-18-5-3-4-6-18;/h7-10,16,18H,3-6,11-15H2,1-2H3,(H2,21,22,23);1H. The molecule has 0 amide bonds. The Morgan fingerprint density at radius 3 is 2.32 bits per heavy atom. The third-order valence-electron chi connectivity index (χ3n) is 5.46. The normalized spacial score (nSPS) is 19.6. The van der Waals surface area contributed by atoms with E-state index in [2.05, 4.69) is 51.7 Å². The largest absolute Gasteiger partial charge is 0.372 e. The van der Waals surface area contributed by atoms with Gasteiger partial charge in [0.1, 0.15) is 0 Å². The fourth-order valence-corrected chi connectivity index (χ4v) is 3.74. The van der Waals surface area contributed by atoms with Crippen molar-refractivity contribution in [3.05, 3.63) is 29.8 Å². The van der Waals surface area contributed by atoms with E-state index in [-0.39, 0.29) is 24.0 Å². The first kappa shape index (κ1) is 20.3. The fourth-order valence-electron chi connectivity index (χ4n) is 3.74. The van der Waals surface area contributed by atoms with E-state index in [1.165, 1.54) is 62.9 Å². The Balaban J connectivity index is 0.00000225. The number of aliphatic imine (C=N–C) groups is 1. The van der Waals surface area contributed by atoms with Gasteiger partial charge in [0.05, 0.1) is 0 Å². The first-order valence-corrected chi connectivity index (χ1v) is 9.55. The van der Waals surface area contributed by atoms with Gasteiger partial charge in [-0.05, 0) is 49.3 Å². The van der Waals surface area contributed by atoms with Gasteiger partial charge in [-0.25, -0.2) is 0 Å². The van der Waals surface area contributed by atoms with Crippen molar-refractivity contribution in [1.82, 2.24) is 10.6 Å². The number of rotatable bonds is 4. The summed E-state index contributed by atoms with van der Waals surface area (Å²) < 4.78 is 0. The molecule has 0 aromatic heterocycles. The number of nitrogens with one attached hydrogen (secondary N) is 2. The molecule has 0 atom stereocenters. The maximum absolute atomic E-state index is 4.35. The highest BCUT2D eigenvalue weighted by Gasteiger charge is 2.17. The van der Waals surface area contributed by atoms with Crippen LogP contribution >= 0.6 is 24.0 Å². The van der Waals surface area contributed by atoms with Crippen molar-refractivity contribution in [2.75, 3.05) is 25.0 Å². The second-order valence-corrected chi connectivity index (χ2v) is 7.39. The molecular formula is C20H33IN4. The summed E-state index contributed by atoms with van der Waals surface area (Å²) in [6, 6.07) is 9.60. The fraction of sp³-hybridized carbons (Fsp3) is 0.650. The van der Waals surface area contributed by atoms with Gasteiger partial charge in [0.2, 0.25) is 0 Å². The molecule has 1 aliphatic heterocycles. The Morgan fingerprint density at radius 2 is 1.72 bits per heavy atom. The van der Waals surface area contributed by atoms with Crippen LogP contribution in [0.4, 0.5) is 5.69 Å². The molecule has 0 radical (unpaired) electrons. The molecule has 0 spiro atoms. The Morgan fingerprint density at radius 1 is 1.08 bits per heavy atom. The van der Waals surface area contributed by atoms with Gasteiger partial charge >= 0.3 is 0 Å². The summed E-state index contributed by atoms with van der Waals surface area (Å²) in [5, 5.41) is 6.98. The zero-order valence-electron chi connectivity index (χ0n) is 15.6. The molecule has 5 heteroatoms. The lowest BCUT2D eigenvalue weighted by Crippen LogP contribution is -2.41. The maximum atomic E-state index is 4.35. The van der Waals surface area contributed by atoms with E-state index in [4.69, 9.17) is 0 Å². The third kappa shape index (κ3) is 6.04. The first-order valence-electron chi connectivity index (χ1n) is 9.55. The van der Waals surface area contributed by atoms with Crippen LogP contribution in [-0.2, 0) is 6.54 Å². The lowest BCUT2D eigenvalue weighted by Gasteiger charge is -2.32. The number of nitrogens with zero attached hydrogens (tertiary/aromatic N) is 2. The molecule has 1 saturated carbocycles. The minimum Gasteiger partial charge on any atom is -0.372 e. The Kier molecular flexibility index (Phi) is 8.33. The van der Waals surface area contributed by atoms with Gasteiger partial charge in [-0.2, -0.15) is 0 Å². The first-order chi connectivity index (χ1) is 11.7. The van der Waals surface area contributed by atoms with Crippen molar-refractivity contribution in [2.45, 2.75) is 58.0 Å². The molecule has 2 N–H and O–H groups in total. The predicted octanol–water partition coefficient (Wildman–Crippen LogP) is 4.15. The molecule has 1 aliphatic carbocycles. The molecule has 1 aromatic carbocycles. The number of hydrogen-bond donors (Lipinski definition) is 2. The van der Waals surface area contributed by atoms with E-state index in [9.17, 15) is 0 Å². The van der Waals surface area contributed by atoms with Crippen molar-refractivity contribution < 1.29 is 0 Å². The molecule has 4 nitrogen and oxygen atoms in total. The molecule has 2 fully saturated rings. The van der Waals surface area contributed by atoms with Crippen LogP contribution in [0.2, 0.25) is 0 Å². The number of piperidine rings is 1. The maximum Gasteiger partial charge on any atom is 0.191 e. The second-order valence-electron chi connectivity index (χ2n) is 7.39. The van der Waals surface area contributed by atoms with Crippen LogP contribution in [-0.4, -0.2) is 32.1 Å². The molecule has 3 rings (SSSR count). The smallest absolute Gasteiger partial charge is 0.191 e. The van der Waals surface area contributed by atoms with Crippen LogP contribution in [0.5, 0.6) is 0 Å². The van der Waals surface area contributed by atoms with Gasteiger partial charge in [0.15, 0.2) is 5.96 Å². The Bertz CT molecular complexity index is 529. The SMILES string of the molecule is CN=C(NCc1ccc(N2CCC(C)CC2)cc1)NC1CCCC1.I. The summed E-state index contributed by atoms with van der Waals surface area (Å²) in [6.45, 7) is 5.57. The minimum atomic E-state index is 0. The molecule has 1 saturated heterocycles. The van der Waals surface area contributed by atoms with E-state index in [0.29, 0.717) is 6.04 Å². The molecule has 140 valence electrons. The van der Waals surface area contributed by atoms with Crippen molar-refractivity contribution in [3.8, 4) is 0 Å². The highest BCUT2D eigenvalue weighted by molar-refractivity contribution is 14.0. The summed E-state index contributed by atoms with van der Waals surface area (Å²) in [5.41, 5.74) is 2.66. The van der Waals surface area contributed by atoms with E-state index >= 15 is 0 Å². The van der Waals surface area contributed by atoms with Crippen molar-refractivity contribution in [1.29, 1.82) is 0 Å². The number of hydrogen-bond acceptors (Lipinski definition) is 2. The highest BCUT2D eigenvalue weighted by Crippen LogP contribution is 2.23. The monoisotopic (exact) mass is 456 g/mol. The van der Waals surface area contributed by atoms with E-state index in [1.54, 1.807) is 0 Å². The summed E-state index contributed by atoms with van der Waals surface area (Å²) in [5.74, 6) is 1.81. The highest BCUT2D eigenvalue weighted by atomic mass is 127. The van der Waals surface area contributed by atoms with Crippen LogP contribution < -0.4 is 15.5 Å². The molecular weight excluding hydrogens is 423 g/mol. The van der Waals surface area contributed by atoms with Crippen LogP contribution in [0.1, 0.15) is 51.0 Å². The van der Waals surface area contributed by atoms with Gasteiger partial charge in [-0.15, -0.1) is 24.0 Å². The lowest BCUT2D eigenvalue weighted by molar-refractivity contribution is 0.438. The predicted molar refractivity (Wildman–Crippen MR) is 118 cm³/mol. The van der Waals surface area contributed by atoms with Gasteiger partial charge in [-0.1, -0.05) is 31.9 Å². The van der Waals surface area contributed by atoms with Gasteiger partial charge in [0, 0.05) is 38.4 Å². The van der Waals surface area contributed by atoms with Crippen molar-refractivity contribution in [3.63, 3.8) is 0 Å². The van der Waals surface area contributed by atoms with Gasteiger partial charge in [-0.3, -0.25) is 4.99 Å². The molecule has 25 heavy (non-hydrogen) atoms. The molecule has 2 aliphatic rings. The summed E-state index contributed by atoms with van der Waals surface area (Å²) in [7, 11) is 1.85. The molecule has 1 heterocycles. The number of benzene rings is 1. The average molecular weight is 456 g/mol. The number of anilines is 1. The third-order valence-corrected chi connectivity index (χ3v) is 5.46. The Hall–Kier alpha value is -0.980. The molecule has 1 aromatic rings. The molecule has 0 unspecified atom stereocenters. The van der Waals surface area contributed by atoms with Crippen molar-refractivity contribution in [2.24, 2.45) is 10.9 Å². The Labute approximate surface area is 169 Å². The summed E-state index contributed by atoms with van der Waals surface area (Å²) >= 11 is 0. The summed E-state index contributed by atoms with van der Waals surface area (Å²) in [4.78, 5) is 6.86. The molecule has 0 bridgehead atoms. The van der Waals surface area contributed by atoms with Crippen LogP contribution in [0.15, 0.2) is 29.3 Å². The number of guanidine groups is 1. The lowest BCUT2D eigenvalue weighted by atomic mass is 9.99. The zero-order valence-corrected chi connectivity index (χ0v) is 18.0. The van der Waals surface area contributed by atoms with E-state index < -0.39 is 0 Å². The van der Waals surface area contributed by atoms with E-state index in [0.717, 1.165) is 18.4 Å². The summed E-state index contributed by atoms with van der Waals surface area (Å²) in [6.07, 6.45) is 7.84. The van der Waals surface area contributed by atoms with Crippen LogP contribution in [0.25, 0.3) is 0 Å². The topological polar surface area (TPSA) is 39.7 Å². The van der Waals surface area contributed by atoms with Gasteiger partial charge < -0.3 is 15.5 Å². The van der Waals surface area contributed by atoms with Crippen molar-refractivity contribution >= 4 is 35.6 Å². The quantitative estimate of drug-likeness (QED) is 0.406. The van der Waals surface area contributed by atoms with Crippen LogP contribution in [0.3, 0.4) is 0 Å². The van der Waals surface area contributed by atoms with Gasteiger partial charge in [0.25, 0.3) is 0 Å². The van der Waals surface area contributed by atoms with E-state index in [1.807, 2.05) is 7.05 Å².